The second-order valence-electron chi connectivity index (χ2n) is 4.93. The van der Waals surface area contributed by atoms with Crippen LogP contribution in [0, 0.1) is 5.92 Å². The second kappa shape index (κ2) is 6.02. The number of rotatable bonds is 4. The Labute approximate surface area is 107 Å². The van der Waals surface area contributed by atoms with Gasteiger partial charge in [-0.1, -0.05) is 19.8 Å². The Balaban J connectivity index is 1.91. The molecular formula is C13H20ClNS. The lowest BCUT2D eigenvalue weighted by Gasteiger charge is -2.24. The third-order valence-electron chi connectivity index (χ3n) is 3.50. The lowest BCUT2D eigenvalue weighted by atomic mass is 9.83. The van der Waals surface area contributed by atoms with E-state index in [0.29, 0.717) is 0 Å². The van der Waals surface area contributed by atoms with Crippen LogP contribution in [0.25, 0.3) is 0 Å². The number of hydrogen-bond acceptors (Lipinski definition) is 2. The Morgan fingerprint density at radius 2 is 2.12 bits per heavy atom. The summed E-state index contributed by atoms with van der Waals surface area (Å²) >= 11 is 7.55. The Bertz CT molecular complexity index is 315. The maximum atomic E-state index is 5.70. The zero-order valence-corrected chi connectivity index (χ0v) is 11.5. The smallest absolute Gasteiger partial charge is 0.0959 e. The summed E-state index contributed by atoms with van der Waals surface area (Å²) in [6, 6.07) is 0. The van der Waals surface area contributed by atoms with Gasteiger partial charge in [-0.05, 0) is 31.6 Å². The summed E-state index contributed by atoms with van der Waals surface area (Å²) in [5, 5.41) is 3.59. The molecule has 1 aromatic heterocycles. The molecule has 1 aromatic rings. The molecule has 90 valence electrons. The largest absolute Gasteiger partial charge is 0.246 e. The molecule has 0 N–H and O–H groups in total. The molecule has 1 aliphatic rings. The van der Waals surface area contributed by atoms with Gasteiger partial charge in [0.2, 0.25) is 0 Å². The van der Waals surface area contributed by atoms with E-state index in [9.17, 15) is 0 Å². The number of nitrogens with zero attached hydrogens (tertiary/aromatic N) is 1. The molecule has 0 spiro atoms. The summed E-state index contributed by atoms with van der Waals surface area (Å²) in [7, 11) is 0. The van der Waals surface area contributed by atoms with E-state index in [1.54, 1.807) is 0 Å². The van der Waals surface area contributed by atoms with Crippen LogP contribution in [0.4, 0.5) is 0 Å². The molecule has 1 aliphatic carbocycles. The van der Waals surface area contributed by atoms with Crippen molar-refractivity contribution in [1.82, 2.24) is 4.98 Å². The molecule has 0 unspecified atom stereocenters. The number of halogens is 1. The number of thiazole rings is 1. The highest BCUT2D eigenvalue weighted by atomic mass is 35.5. The van der Waals surface area contributed by atoms with Crippen LogP contribution in [0.5, 0.6) is 0 Å². The van der Waals surface area contributed by atoms with Crippen molar-refractivity contribution in [2.24, 2.45) is 5.92 Å². The molecule has 16 heavy (non-hydrogen) atoms. The Hall–Kier alpha value is -0.0800. The minimum atomic E-state index is 0.742. The first-order chi connectivity index (χ1) is 7.79. The molecule has 3 heteroatoms. The molecular weight excluding hydrogens is 238 g/mol. The highest BCUT2D eigenvalue weighted by molar-refractivity contribution is 7.09. The van der Waals surface area contributed by atoms with E-state index in [1.807, 2.05) is 11.3 Å². The topological polar surface area (TPSA) is 12.9 Å². The van der Waals surface area contributed by atoms with Gasteiger partial charge in [0.1, 0.15) is 0 Å². The Morgan fingerprint density at radius 1 is 1.38 bits per heavy atom. The van der Waals surface area contributed by atoms with Crippen LogP contribution in [-0.4, -0.2) is 10.9 Å². The number of hydrogen-bond donors (Lipinski definition) is 0. The summed E-state index contributed by atoms with van der Waals surface area (Å²) < 4.78 is 0. The van der Waals surface area contributed by atoms with Crippen molar-refractivity contribution < 1.29 is 0 Å². The molecule has 0 radical (unpaired) electrons. The fourth-order valence-electron chi connectivity index (χ4n) is 2.38. The van der Waals surface area contributed by atoms with Crippen LogP contribution in [0.2, 0.25) is 0 Å². The van der Waals surface area contributed by atoms with Gasteiger partial charge in [-0.3, -0.25) is 0 Å². The molecule has 2 rings (SSSR count). The Kier molecular flexibility index (Phi) is 4.66. The van der Waals surface area contributed by atoms with Crippen LogP contribution in [-0.2, 0) is 6.42 Å². The molecule has 1 heterocycles. The van der Waals surface area contributed by atoms with Crippen LogP contribution in [0.1, 0.15) is 55.6 Å². The maximum Gasteiger partial charge on any atom is 0.0959 e. The summed E-state index contributed by atoms with van der Waals surface area (Å²) in [5.74, 6) is 2.41. The van der Waals surface area contributed by atoms with Crippen molar-refractivity contribution in [2.75, 3.05) is 5.88 Å². The fraction of sp³-hybridized carbons (Fsp3) is 0.769. The first kappa shape index (κ1) is 12.4. The molecule has 0 saturated heterocycles. The van der Waals surface area contributed by atoms with Crippen molar-refractivity contribution in [3.8, 4) is 0 Å². The minimum Gasteiger partial charge on any atom is -0.246 e. The fourth-order valence-corrected chi connectivity index (χ4v) is 3.54. The van der Waals surface area contributed by atoms with Crippen molar-refractivity contribution in [2.45, 2.75) is 51.4 Å². The van der Waals surface area contributed by atoms with E-state index >= 15 is 0 Å². The van der Waals surface area contributed by atoms with Gasteiger partial charge in [0.25, 0.3) is 0 Å². The third-order valence-corrected chi connectivity index (χ3v) is 4.82. The summed E-state index contributed by atoms with van der Waals surface area (Å²) in [6.45, 7) is 2.37. The molecule has 1 nitrogen and oxygen atoms in total. The maximum absolute atomic E-state index is 5.70. The normalized spacial score (nSPS) is 25.9. The molecule has 1 saturated carbocycles. The highest BCUT2D eigenvalue weighted by Gasteiger charge is 2.21. The minimum absolute atomic E-state index is 0.742. The lowest BCUT2D eigenvalue weighted by molar-refractivity contribution is 0.347. The van der Waals surface area contributed by atoms with Gasteiger partial charge in [0.05, 0.1) is 10.7 Å². The first-order valence-corrected chi connectivity index (χ1v) is 7.71. The van der Waals surface area contributed by atoms with Crippen molar-refractivity contribution in [3.63, 3.8) is 0 Å². The van der Waals surface area contributed by atoms with Crippen LogP contribution >= 0.6 is 22.9 Å². The van der Waals surface area contributed by atoms with E-state index in [-0.39, 0.29) is 0 Å². The molecule has 0 bridgehead atoms. The van der Waals surface area contributed by atoms with E-state index in [1.165, 1.54) is 36.4 Å². The first-order valence-electron chi connectivity index (χ1n) is 6.30. The summed E-state index contributed by atoms with van der Waals surface area (Å²) in [6.07, 6.45) is 7.52. The number of aryl methyl sites for hydroxylation is 1. The van der Waals surface area contributed by atoms with Gasteiger partial charge in [0, 0.05) is 17.2 Å². The molecule has 0 aliphatic heterocycles. The standard InChI is InChI=1S/C13H20ClNS/c1-10-4-6-11(7-5-10)13-15-12(9-16-13)3-2-8-14/h9-11H,2-8H2,1H3. The molecule has 0 amide bonds. The number of aromatic nitrogens is 1. The predicted octanol–water partition coefficient (Wildman–Crippen LogP) is 4.61. The van der Waals surface area contributed by atoms with Gasteiger partial charge in [-0.25, -0.2) is 4.98 Å². The van der Waals surface area contributed by atoms with Crippen molar-refractivity contribution in [3.05, 3.63) is 16.1 Å². The average Bonchev–Trinajstić information content (AvgIpc) is 2.76. The lowest BCUT2D eigenvalue weighted by Crippen LogP contribution is -2.10. The highest BCUT2D eigenvalue weighted by Crippen LogP contribution is 2.36. The zero-order chi connectivity index (χ0) is 11.4. The second-order valence-corrected chi connectivity index (χ2v) is 6.19. The van der Waals surface area contributed by atoms with Crippen LogP contribution in [0.15, 0.2) is 5.38 Å². The SMILES string of the molecule is CC1CCC(c2nc(CCCCl)cs2)CC1. The van der Waals surface area contributed by atoms with E-state index in [0.717, 1.165) is 30.6 Å². The van der Waals surface area contributed by atoms with Crippen molar-refractivity contribution in [1.29, 1.82) is 0 Å². The van der Waals surface area contributed by atoms with Gasteiger partial charge in [0.15, 0.2) is 0 Å². The van der Waals surface area contributed by atoms with Gasteiger partial charge in [-0.2, -0.15) is 0 Å². The van der Waals surface area contributed by atoms with Crippen LogP contribution in [0.3, 0.4) is 0 Å². The molecule has 0 atom stereocenters. The predicted molar refractivity (Wildman–Crippen MR) is 71.5 cm³/mol. The molecule has 0 aromatic carbocycles. The van der Waals surface area contributed by atoms with Crippen molar-refractivity contribution >= 4 is 22.9 Å². The monoisotopic (exact) mass is 257 g/mol. The van der Waals surface area contributed by atoms with Gasteiger partial charge in [-0.15, -0.1) is 22.9 Å². The molecule has 1 fully saturated rings. The Morgan fingerprint density at radius 3 is 2.81 bits per heavy atom. The third kappa shape index (κ3) is 3.21. The summed E-state index contributed by atoms with van der Waals surface area (Å²) in [4.78, 5) is 4.76. The summed E-state index contributed by atoms with van der Waals surface area (Å²) in [5.41, 5.74) is 1.25. The van der Waals surface area contributed by atoms with E-state index in [2.05, 4.69) is 12.3 Å². The van der Waals surface area contributed by atoms with Gasteiger partial charge >= 0.3 is 0 Å². The zero-order valence-electron chi connectivity index (χ0n) is 9.92. The quantitative estimate of drug-likeness (QED) is 0.718. The van der Waals surface area contributed by atoms with Gasteiger partial charge < -0.3 is 0 Å². The average molecular weight is 258 g/mol. The number of alkyl halides is 1. The van der Waals surface area contributed by atoms with E-state index < -0.39 is 0 Å². The van der Waals surface area contributed by atoms with E-state index in [4.69, 9.17) is 16.6 Å². The van der Waals surface area contributed by atoms with Crippen LogP contribution < -0.4 is 0 Å².